The minimum absolute atomic E-state index is 0.0685. The highest BCUT2D eigenvalue weighted by atomic mass is 32.2. The first kappa shape index (κ1) is 19.1. The molecule has 1 amide bonds. The van der Waals surface area contributed by atoms with E-state index in [4.69, 9.17) is 0 Å². The Bertz CT molecular complexity index is 687. The summed E-state index contributed by atoms with van der Waals surface area (Å²) in [6, 6.07) is 3.47. The quantitative estimate of drug-likeness (QED) is 0.333. The molecule has 2 N–H and O–H groups in total. The van der Waals surface area contributed by atoms with Crippen molar-refractivity contribution in [3.05, 3.63) is 23.8 Å². The van der Waals surface area contributed by atoms with Gasteiger partial charge in [0.1, 0.15) is 0 Å². The first-order chi connectivity index (χ1) is 10.7. The third kappa shape index (κ3) is 4.75. The van der Waals surface area contributed by atoms with Gasteiger partial charge in [-0.2, -0.15) is 5.06 Å². The summed E-state index contributed by atoms with van der Waals surface area (Å²) in [5.41, 5.74) is -0.252. The van der Waals surface area contributed by atoms with Crippen LogP contribution in [0.3, 0.4) is 0 Å². The van der Waals surface area contributed by atoms with Crippen molar-refractivity contribution in [1.29, 1.82) is 0 Å². The van der Waals surface area contributed by atoms with Crippen LogP contribution in [0.1, 0.15) is 37.0 Å². The van der Waals surface area contributed by atoms with Crippen LogP contribution in [0.15, 0.2) is 23.1 Å². The summed E-state index contributed by atoms with van der Waals surface area (Å²) in [5, 5.41) is 9.94. The van der Waals surface area contributed by atoms with Gasteiger partial charge >= 0.3 is 5.97 Å². The van der Waals surface area contributed by atoms with Crippen molar-refractivity contribution in [2.24, 2.45) is 0 Å². The lowest BCUT2D eigenvalue weighted by Crippen LogP contribution is -2.28. The molecule has 0 aliphatic rings. The highest BCUT2D eigenvalue weighted by Crippen LogP contribution is 2.23. The standard InChI is InChI=1S/C14H20N2O6S/c1-4-5-8-15-23(20,21)13-9-11(16(19)10(2)17)6-7-12(13)14(18)22-3/h6-7,9,15,19H,4-5,8H2,1-3H3. The fourth-order valence-corrected chi connectivity index (χ4v) is 3.07. The summed E-state index contributed by atoms with van der Waals surface area (Å²) >= 11 is 0. The number of anilines is 1. The fraction of sp³-hybridized carbons (Fsp3) is 0.429. The number of unbranched alkanes of at least 4 members (excludes halogenated alkanes) is 1. The third-order valence-corrected chi connectivity index (χ3v) is 4.53. The maximum Gasteiger partial charge on any atom is 0.339 e. The molecule has 23 heavy (non-hydrogen) atoms. The molecule has 0 saturated carbocycles. The van der Waals surface area contributed by atoms with Gasteiger partial charge in [0.2, 0.25) is 15.9 Å². The average molecular weight is 344 g/mol. The minimum atomic E-state index is -4.00. The predicted molar refractivity (Wildman–Crippen MR) is 82.8 cm³/mol. The van der Waals surface area contributed by atoms with E-state index in [-0.39, 0.29) is 22.7 Å². The third-order valence-electron chi connectivity index (χ3n) is 3.03. The molecule has 0 unspecified atom stereocenters. The molecule has 1 aromatic rings. The number of esters is 1. The molecule has 0 spiro atoms. The molecular weight excluding hydrogens is 324 g/mol. The molecule has 0 aromatic heterocycles. The van der Waals surface area contributed by atoms with Crippen molar-refractivity contribution in [3.63, 3.8) is 0 Å². The zero-order chi connectivity index (χ0) is 17.6. The van der Waals surface area contributed by atoms with Crippen LogP contribution < -0.4 is 9.79 Å². The van der Waals surface area contributed by atoms with E-state index in [9.17, 15) is 23.2 Å². The molecule has 0 aliphatic carbocycles. The highest BCUT2D eigenvalue weighted by Gasteiger charge is 2.24. The van der Waals surface area contributed by atoms with Crippen LogP contribution in [0.4, 0.5) is 5.69 Å². The number of amides is 1. The number of sulfonamides is 1. The molecule has 9 heteroatoms. The molecule has 1 rings (SSSR count). The van der Waals surface area contributed by atoms with Gasteiger partial charge < -0.3 is 4.74 Å². The Hall–Kier alpha value is -1.97. The first-order valence-electron chi connectivity index (χ1n) is 6.96. The number of rotatable bonds is 7. The van der Waals surface area contributed by atoms with E-state index in [2.05, 4.69) is 9.46 Å². The second kappa shape index (κ2) is 8.04. The monoisotopic (exact) mass is 344 g/mol. The molecule has 1 aromatic carbocycles. The molecule has 8 nitrogen and oxygen atoms in total. The van der Waals surface area contributed by atoms with Crippen LogP contribution in [0.5, 0.6) is 0 Å². The number of hydroxylamine groups is 1. The molecule has 128 valence electrons. The zero-order valence-corrected chi connectivity index (χ0v) is 14.0. The van der Waals surface area contributed by atoms with Crippen molar-refractivity contribution in [1.82, 2.24) is 4.72 Å². The number of hydrogen-bond acceptors (Lipinski definition) is 6. The number of nitrogens with one attached hydrogen (secondary N) is 1. The van der Waals surface area contributed by atoms with Crippen molar-refractivity contribution in [2.75, 3.05) is 18.7 Å². The normalized spacial score (nSPS) is 11.1. The van der Waals surface area contributed by atoms with Gasteiger partial charge in [-0.1, -0.05) is 13.3 Å². The van der Waals surface area contributed by atoms with E-state index < -0.39 is 21.9 Å². The van der Waals surface area contributed by atoms with E-state index in [1.807, 2.05) is 6.92 Å². The van der Waals surface area contributed by atoms with Crippen LogP contribution in [-0.4, -0.2) is 39.2 Å². The Morgan fingerprint density at radius 2 is 2.00 bits per heavy atom. The Kier molecular flexibility index (Phi) is 6.67. The van der Waals surface area contributed by atoms with E-state index >= 15 is 0 Å². The second-order valence-corrected chi connectivity index (χ2v) is 6.49. The second-order valence-electron chi connectivity index (χ2n) is 4.75. The van der Waals surface area contributed by atoms with Crippen molar-refractivity contribution < 1.29 is 28.0 Å². The van der Waals surface area contributed by atoms with Crippen LogP contribution in [0.2, 0.25) is 0 Å². The summed E-state index contributed by atoms with van der Waals surface area (Å²) in [6.45, 7) is 3.23. The lowest BCUT2D eigenvalue weighted by Gasteiger charge is -2.16. The zero-order valence-electron chi connectivity index (χ0n) is 13.2. The maximum atomic E-state index is 12.4. The molecule has 0 saturated heterocycles. The van der Waals surface area contributed by atoms with Crippen LogP contribution in [0, 0.1) is 0 Å². The topological polar surface area (TPSA) is 113 Å². The van der Waals surface area contributed by atoms with E-state index in [0.29, 0.717) is 11.5 Å². The van der Waals surface area contributed by atoms with E-state index in [1.54, 1.807) is 0 Å². The first-order valence-corrected chi connectivity index (χ1v) is 8.44. The number of carbonyl (C=O) groups is 2. The molecule has 0 radical (unpaired) electrons. The lowest BCUT2D eigenvalue weighted by molar-refractivity contribution is -0.121. The van der Waals surface area contributed by atoms with Crippen LogP contribution >= 0.6 is 0 Å². The highest BCUT2D eigenvalue weighted by molar-refractivity contribution is 7.89. The van der Waals surface area contributed by atoms with Crippen molar-refractivity contribution >= 4 is 27.6 Å². The number of ether oxygens (including phenoxy) is 1. The number of benzene rings is 1. The summed E-state index contributed by atoms with van der Waals surface area (Å²) < 4.78 is 31.7. The van der Waals surface area contributed by atoms with E-state index in [1.165, 1.54) is 12.1 Å². The molecule has 0 bridgehead atoms. The van der Waals surface area contributed by atoms with Crippen molar-refractivity contribution in [3.8, 4) is 0 Å². The Morgan fingerprint density at radius 1 is 1.35 bits per heavy atom. The molecule has 0 atom stereocenters. The van der Waals surface area contributed by atoms with Crippen molar-refractivity contribution in [2.45, 2.75) is 31.6 Å². The molecule has 0 fully saturated rings. The number of carbonyl (C=O) groups excluding carboxylic acids is 2. The van der Waals surface area contributed by atoms with Crippen LogP contribution in [-0.2, 0) is 19.6 Å². The number of nitrogens with zero attached hydrogens (tertiary/aromatic N) is 1. The average Bonchev–Trinajstić information content (AvgIpc) is 2.52. The van der Waals surface area contributed by atoms with Gasteiger partial charge in [0.25, 0.3) is 0 Å². The van der Waals surface area contributed by atoms with E-state index in [0.717, 1.165) is 26.5 Å². The van der Waals surface area contributed by atoms with Gasteiger partial charge in [0.05, 0.1) is 23.3 Å². The molecular formula is C14H20N2O6S. The van der Waals surface area contributed by atoms with Gasteiger partial charge in [-0.15, -0.1) is 0 Å². The Morgan fingerprint density at radius 3 is 2.52 bits per heavy atom. The smallest absolute Gasteiger partial charge is 0.339 e. The van der Waals surface area contributed by atoms with Gasteiger partial charge in [0.15, 0.2) is 0 Å². The van der Waals surface area contributed by atoms with Gasteiger partial charge in [-0.25, -0.2) is 17.9 Å². The van der Waals surface area contributed by atoms with Crippen LogP contribution in [0.25, 0.3) is 0 Å². The van der Waals surface area contributed by atoms with Gasteiger partial charge in [-0.3, -0.25) is 10.0 Å². The van der Waals surface area contributed by atoms with Gasteiger partial charge in [0, 0.05) is 13.5 Å². The number of hydrogen-bond donors (Lipinski definition) is 2. The largest absolute Gasteiger partial charge is 0.465 e. The molecule has 0 heterocycles. The minimum Gasteiger partial charge on any atom is -0.465 e. The maximum absolute atomic E-state index is 12.4. The summed E-state index contributed by atoms with van der Waals surface area (Å²) in [5.74, 6) is -1.53. The Balaban J connectivity index is 3.36. The predicted octanol–water partition coefficient (Wildman–Crippen LogP) is 1.29. The SMILES string of the molecule is CCCCNS(=O)(=O)c1cc(N(O)C(C)=O)ccc1C(=O)OC. The summed E-state index contributed by atoms with van der Waals surface area (Å²) in [4.78, 5) is 22.6. The number of methoxy groups -OCH3 is 1. The summed E-state index contributed by atoms with van der Waals surface area (Å²) in [7, 11) is -2.87. The Labute approximate surface area is 135 Å². The summed E-state index contributed by atoms with van der Waals surface area (Å²) in [6.07, 6.45) is 1.42. The lowest BCUT2D eigenvalue weighted by atomic mass is 10.2. The van der Waals surface area contributed by atoms with Gasteiger partial charge in [-0.05, 0) is 24.6 Å². The molecule has 0 aliphatic heterocycles. The fourth-order valence-electron chi connectivity index (χ4n) is 1.79.